The van der Waals surface area contributed by atoms with Crippen molar-refractivity contribution < 1.29 is 9.59 Å². The molecule has 0 aliphatic carbocycles. The Morgan fingerprint density at radius 3 is 2.32 bits per heavy atom. The minimum Gasteiger partial charge on any atom is -0.368 e. The van der Waals surface area contributed by atoms with Gasteiger partial charge in [0.15, 0.2) is 0 Å². The molecule has 1 fully saturated rings. The third-order valence-electron chi connectivity index (χ3n) is 4.97. The van der Waals surface area contributed by atoms with Crippen LogP contribution in [0.3, 0.4) is 0 Å². The van der Waals surface area contributed by atoms with E-state index in [-0.39, 0.29) is 11.8 Å². The standard InChI is InChI=1S/C20H19ClN2O2/c1-13-6-5-11-22(12-13)18-16(21)9-4-10-17(18)23-19(24)14-7-2-3-8-15(14)20(23)25/h2-4,7-10,13H,5-6,11-12H2,1H3. The van der Waals surface area contributed by atoms with Crippen LogP contribution >= 0.6 is 11.6 Å². The van der Waals surface area contributed by atoms with E-state index in [0.717, 1.165) is 25.2 Å². The Balaban J connectivity index is 1.81. The van der Waals surface area contributed by atoms with Crippen molar-refractivity contribution in [2.45, 2.75) is 19.8 Å². The van der Waals surface area contributed by atoms with Gasteiger partial charge in [-0.15, -0.1) is 0 Å². The summed E-state index contributed by atoms with van der Waals surface area (Å²) >= 11 is 6.50. The Hall–Kier alpha value is -2.33. The second-order valence-corrected chi connectivity index (χ2v) is 7.20. The van der Waals surface area contributed by atoms with Crippen LogP contribution in [0.25, 0.3) is 0 Å². The Morgan fingerprint density at radius 1 is 1.00 bits per heavy atom. The molecule has 1 atom stereocenters. The van der Waals surface area contributed by atoms with Crippen LogP contribution in [0.2, 0.25) is 5.02 Å². The second kappa shape index (κ2) is 6.19. The van der Waals surface area contributed by atoms with Gasteiger partial charge in [0.05, 0.1) is 27.5 Å². The fraction of sp³-hybridized carbons (Fsp3) is 0.300. The van der Waals surface area contributed by atoms with Gasteiger partial charge >= 0.3 is 0 Å². The molecule has 0 spiro atoms. The number of imide groups is 1. The molecule has 25 heavy (non-hydrogen) atoms. The summed E-state index contributed by atoms with van der Waals surface area (Å²) in [4.78, 5) is 29.2. The third-order valence-corrected chi connectivity index (χ3v) is 5.28. The van der Waals surface area contributed by atoms with E-state index >= 15 is 0 Å². The van der Waals surface area contributed by atoms with Gasteiger partial charge < -0.3 is 4.90 Å². The van der Waals surface area contributed by atoms with E-state index in [4.69, 9.17) is 11.6 Å². The number of piperidine rings is 1. The van der Waals surface area contributed by atoms with Crippen molar-refractivity contribution in [2.75, 3.05) is 22.9 Å². The first-order valence-corrected chi connectivity index (χ1v) is 8.97. The van der Waals surface area contributed by atoms with Crippen LogP contribution < -0.4 is 9.80 Å². The number of para-hydroxylation sites is 1. The molecule has 4 nitrogen and oxygen atoms in total. The molecule has 0 saturated carbocycles. The van der Waals surface area contributed by atoms with Gasteiger partial charge in [0.1, 0.15) is 0 Å². The first kappa shape index (κ1) is 16.2. The van der Waals surface area contributed by atoms with E-state index in [0.29, 0.717) is 27.8 Å². The van der Waals surface area contributed by atoms with Crippen molar-refractivity contribution in [3.05, 3.63) is 58.6 Å². The lowest BCUT2D eigenvalue weighted by atomic mass is 9.99. The summed E-state index contributed by atoms with van der Waals surface area (Å²) in [6.07, 6.45) is 2.26. The molecule has 2 amide bonds. The maximum Gasteiger partial charge on any atom is 0.266 e. The Morgan fingerprint density at radius 2 is 1.68 bits per heavy atom. The number of carbonyl (C=O) groups excluding carboxylic acids is 2. The van der Waals surface area contributed by atoms with E-state index in [1.807, 2.05) is 12.1 Å². The molecular weight excluding hydrogens is 336 g/mol. The molecule has 2 aliphatic rings. The monoisotopic (exact) mass is 354 g/mol. The van der Waals surface area contributed by atoms with Crippen LogP contribution in [0.5, 0.6) is 0 Å². The van der Waals surface area contributed by atoms with Crippen molar-refractivity contribution in [1.82, 2.24) is 0 Å². The Kier molecular flexibility index (Phi) is 4.00. The number of fused-ring (bicyclic) bond motifs is 1. The molecule has 0 aromatic heterocycles. The second-order valence-electron chi connectivity index (χ2n) is 6.79. The molecule has 1 unspecified atom stereocenters. The summed E-state index contributed by atoms with van der Waals surface area (Å²) in [6.45, 7) is 3.97. The number of halogens is 1. The summed E-state index contributed by atoms with van der Waals surface area (Å²) < 4.78 is 0. The summed E-state index contributed by atoms with van der Waals surface area (Å²) in [5.41, 5.74) is 2.26. The zero-order chi connectivity index (χ0) is 17.6. The summed E-state index contributed by atoms with van der Waals surface area (Å²) in [5, 5.41) is 0.572. The van der Waals surface area contributed by atoms with E-state index in [9.17, 15) is 9.59 Å². The predicted octanol–water partition coefficient (Wildman–Crippen LogP) is 4.38. The van der Waals surface area contributed by atoms with Gasteiger partial charge in [-0.25, -0.2) is 4.90 Å². The van der Waals surface area contributed by atoms with E-state index < -0.39 is 0 Å². The number of hydrogen-bond acceptors (Lipinski definition) is 3. The highest BCUT2D eigenvalue weighted by atomic mass is 35.5. The maximum absolute atomic E-state index is 12.9. The molecule has 2 aromatic carbocycles. The molecule has 0 radical (unpaired) electrons. The molecule has 2 aliphatic heterocycles. The van der Waals surface area contributed by atoms with Gasteiger partial charge in [0.25, 0.3) is 11.8 Å². The van der Waals surface area contributed by atoms with Gasteiger partial charge in [-0.1, -0.05) is 36.7 Å². The zero-order valence-electron chi connectivity index (χ0n) is 14.0. The highest BCUT2D eigenvalue weighted by Crippen LogP contribution is 2.41. The van der Waals surface area contributed by atoms with Crippen molar-refractivity contribution in [3.63, 3.8) is 0 Å². The summed E-state index contributed by atoms with van der Waals surface area (Å²) in [5.74, 6) is -0.0107. The smallest absolute Gasteiger partial charge is 0.266 e. The number of rotatable bonds is 2. The minimum atomic E-state index is -0.283. The van der Waals surface area contributed by atoms with Crippen LogP contribution in [0, 0.1) is 5.92 Å². The lowest BCUT2D eigenvalue weighted by Gasteiger charge is -2.35. The SMILES string of the molecule is CC1CCCN(c2c(Cl)cccc2N2C(=O)c3ccccc3C2=O)C1. The number of nitrogens with zero attached hydrogens (tertiary/aromatic N) is 2. The fourth-order valence-electron chi connectivity index (χ4n) is 3.80. The van der Waals surface area contributed by atoms with Crippen molar-refractivity contribution >= 4 is 34.8 Å². The molecule has 128 valence electrons. The average Bonchev–Trinajstić information content (AvgIpc) is 2.86. The maximum atomic E-state index is 12.9. The Bertz CT molecular complexity index is 830. The molecule has 2 aromatic rings. The van der Waals surface area contributed by atoms with E-state index in [2.05, 4.69) is 11.8 Å². The molecule has 1 saturated heterocycles. The number of carbonyl (C=O) groups is 2. The first-order valence-electron chi connectivity index (χ1n) is 8.59. The minimum absolute atomic E-state index is 0.283. The quantitative estimate of drug-likeness (QED) is 0.751. The average molecular weight is 355 g/mol. The zero-order valence-corrected chi connectivity index (χ0v) is 14.8. The van der Waals surface area contributed by atoms with Crippen LogP contribution in [0.1, 0.15) is 40.5 Å². The highest BCUT2D eigenvalue weighted by molar-refractivity contribution is 6.38. The predicted molar refractivity (Wildman–Crippen MR) is 99.6 cm³/mol. The number of anilines is 2. The van der Waals surface area contributed by atoms with Crippen LogP contribution in [-0.4, -0.2) is 24.9 Å². The molecule has 0 bridgehead atoms. The van der Waals surface area contributed by atoms with Gasteiger partial charge in [-0.3, -0.25) is 9.59 Å². The highest BCUT2D eigenvalue weighted by Gasteiger charge is 2.38. The summed E-state index contributed by atoms with van der Waals surface area (Å²) in [7, 11) is 0. The van der Waals surface area contributed by atoms with Gasteiger partial charge in [0.2, 0.25) is 0 Å². The van der Waals surface area contributed by atoms with Gasteiger partial charge in [0, 0.05) is 13.1 Å². The summed E-state index contributed by atoms with van der Waals surface area (Å²) in [6, 6.07) is 12.4. The van der Waals surface area contributed by atoms with Gasteiger partial charge in [-0.05, 0) is 43.0 Å². The van der Waals surface area contributed by atoms with Gasteiger partial charge in [-0.2, -0.15) is 0 Å². The van der Waals surface area contributed by atoms with Crippen LogP contribution in [0.4, 0.5) is 11.4 Å². The first-order chi connectivity index (χ1) is 12.1. The van der Waals surface area contributed by atoms with Crippen molar-refractivity contribution in [3.8, 4) is 0 Å². The number of benzene rings is 2. The van der Waals surface area contributed by atoms with Crippen molar-refractivity contribution in [2.24, 2.45) is 5.92 Å². The van der Waals surface area contributed by atoms with E-state index in [1.54, 1.807) is 30.3 Å². The molecule has 4 rings (SSSR count). The molecular formula is C20H19ClN2O2. The van der Waals surface area contributed by atoms with E-state index in [1.165, 1.54) is 11.3 Å². The largest absolute Gasteiger partial charge is 0.368 e. The fourth-order valence-corrected chi connectivity index (χ4v) is 4.09. The van der Waals surface area contributed by atoms with Crippen LogP contribution in [0.15, 0.2) is 42.5 Å². The lowest BCUT2D eigenvalue weighted by molar-refractivity contribution is 0.0926. The Labute approximate surface area is 152 Å². The third kappa shape index (κ3) is 2.61. The molecule has 0 N–H and O–H groups in total. The lowest BCUT2D eigenvalue weighted by Crippen LogP contribution is -2.37. The normalized spacial score (nSPS) is 20.2. The number of hydrogen-bond donors (Lipinski definition) is 0. The topological polar surface area (TPSA) is 40.6 Å². The molecule has 2 heterocycles. The van der Waals surface area contributed by atoms with Crippen molar-refractivity contribution in [1.29, 1.82) is 0 Å². The van der Waals surface area contributed by atoms with Crippen LogP contribution in [-0.2, 0) is 0 Å². The number of amides is 2. The molecule has 5 heteroatoms.